The van der Waals surface area contributed by atoms with Gasteiger partial charge in [0.25, 0.3) is 0 Å². The van der Waals surface area contributed by atoms with Crippen molar-refractivity contribution in [2.24, 2.45) is 0 Å². The average molecular weight is 408 g/mol. The first-order valence-corrected chi connectivity index (χ1v) is 10.7. The fourth-order valence-electron chi connectivity index (χ4n) is 3.99. The van der Waals surface area contributed by atoms with Crippen molar-refractivity contribution in [3.63, 3.8) is 0 Å². The van der Waals surface area contributed by atoms with Crippen LogP contribution in [0.25, 0.3) is 10.8 Å². The lowest BCUT2D eigenvalue weighted by Gasteiger charge is -2.22. The Hall–Kier alpha value is -2.95. The molecule has 30 heavy (non-hydrogen) atoms. The second-order valence-corrected chi connectivity index (χ2v) is 7.93. The van der Waals surface area contributed by atoms with Gasteiger partial charge in [0, 0.05) is 25.8 Å². The summed E-state index contributed by atoms with van der Waals surface area (Å²) in [6.45, 7) is 0.666. The summed E-state index contributed by atoms with van der Waals surface area (Å²) in [6, 6.07) is 14.2. The quantitative estimate of drug-likeness (QED) is 0.439. The molecule has 1 aliphatic heterocycles. The van der Waals surface area contributed by atoms with Crippen LogP contribution in [0.1, 0.15) is 50.5 Å². The lowest BCUT2D eigenvalue weighted by Crippen LogP contribution is -2.32. The van der Waals surface area contributed by atoms with Gasteiger partial charge in [0.1, 0.15) is 0 Å². The van der Waals surface area contributed by atoms with Crippen LogP contribution in [0.2, 0.25) is 0 Å². The Morgan fingerprint density at radius 3 is 2.60 bits per heavy atom. The first-order chi connectivity index (χ1) is 14.5. The molecule has 0 spiro atoms. The third kappa shape index (κ3) is 6.28. The third-order valence-electron chi connectivity index (χ3n) is 5.61. The molecule has 0 radical (unpaired) electrons. The zero-order valence-corrected chi connectivity index (χ0v) is 17.3. The molecule has 2 aromatic carbocycles. The minimum Gasteiger partial charge on any atom is -0.481 e. The molecule has 158 valence electrons. The largest absolute Gasteiger partial charge is 0.481 e. The summed E-state index contributed by atoms with van der Waals surface area (Å²) in [4.78, 5) is 37.0. The highest BCUT2D eigenvalue weighted by Crippen LogP contribution is 2.21. The van der Waals surface area contributed by atoms with Crippen LogP contribution in [0.4, 0.5) is 0 Å². The number of aliphatic carboxylic acids is 1. The van der Waals surface area contributed by atoms with E-state index >= 15 is 0 Å². The fraction of sp³-hybridized carbons (Fsp3) is 0.400. The highest BCUT2D eigenvalue weighted by Gasteiger charge is 2.28. The van der Waals surface area contributed by atoms with Gasteiger partial charge in [0.05, 0.1) is 6.04 Å². The van der Waals surface area contributed by atoms with Crippen molar-refractivity contribution in [2.45, 2.75) is 57.4 Å². The van der Waals surface area contributed by atoms with Crippen molar-refractivity contribution in [3.8, 4) is 0 Å². The lowest BCUT2D eigenvalue weighted by molar-refractivity contribution is -0.137. The molecule has 1 fully saturated rings. The number of carbonyl (C=O) groups excluding carboxylic acids is 2. The number of fused-ring (bicyclic) bond motifs is 1. The molecule has 1 saturated heterocycles. The van der Waals surface area contributed by atoms with Gasteiger partial charge in [0.15, 0.2) is 5.78 Å². The van der Waals surface area contributed by atoms with E-state index in [1.807, 2.05) is 41.3 Å². The number of likely N-dealkylation sites (tertiary alicyclic amines) is 1. The number of carboxylic acid groups (broad SMARTS) is 1. The van der Waals surface area contributed by atoms with Gasteiger partial charge in [-0.25, -0.2) is 0 Å². The predicted molar refractivity (Wildman–Crippen MR) is 117 cm³/mol. The van der Waals surface area contributed by atoms with Crippen molar-refractivity contribution in [1.82, 2.24) is 4.90 Å². The minimum absolute atomic E-state index is 0.0166. The highest BCUT2D eigenvalue weighted by molar-refractivity contribution is 5.93. The van der Waals surface area contributed by atoms with Crippen molar-refractivity contribution < 1.29 is 19.5 Å². The Morgan fingerprint density at radius 1 is 1.03 bits per heavy atom. The minimum atomic E-state index is -0.761. The van der Waals surface area contributed by atoms with Crippen LogP contribution >= 0.6 is 0 Å². The van der Waals surface area contributed by atoms with Crippen LogP contribution < -0.4 is 0 Å². The van der Waals surface area contributed by atoms with E-state index in [0.717, 1.165) is 42.0 Å². The number of hydrogen-bond acceptors (Lipinski definition) is 3. The van der Waals surface area contributed by atoms with Crippen LogP contribution in [0.15, 0.2) is 54.6 Å². The third-order valence-corrected chi connectivity index (χ3v) is 5.61. The number of ketones is 1. The number of carboxylic acids is 1. The molecule has 5 heteroatoms. The summed E-state index contributed by atoms with van der Waals surface area (Å²) in [5.41, 5.74) is 0.990. The standard InChI is InChI=1S/C25H29NO4/c27-23(18-19-10-11-20-7-4-5-8-21(20)17-19)14-12-22-13-15-24(28)26(22)16-6-2-1-3-9-25(29)30/h4-5,7-8,10-12,14,17,22H,1-3,6,9,13,15-16,18H2,(H,29,30)/b14-12+. The summed E-state index contributed by atoms with van der Waals surface area (Å²) >= 11 is 0. The molecule has 1 heterocycles. The molecule has 1 aliphatic rings. The normalized spacial score (nSPS) is 16.6. The number of hydrogen-bond donors (Lipinski definition) is 1. The predicted octanol–water partition coefficient (Wildman–Crippen LogP) is 4.53. The Morgan fingerprint density at radius 2 is 1.80 bits per heavy atom. The van der Waals surface area contributed by atoms with Crippen LogP contribution in [0.3, 0.4) is 0 Å². The maximum absolute atomic E-state index is 12.4. The molecule has 0 saturated carbocycles. The molecule has 0 bridgehead atoms. The monoisotopic (exact) mass is 407 g/mol. The van der Waals surface area contributed by atoms with Gasteiger partial charge in [-0.15, -0.1) is 0 Å². The van der Waals surface area contributed by atoms with E-state index in [1.54, 1.807) is 6.08 Å². The summed E-state index contributed by atoms with van der Waals surface area (Å²) in [6.07, 6.45) is 8.63. The molecule has 1 atom stereocenters. The van der Waals surface area contributed by atoms with E-state index in [4.69, 9.17) is 5.11 Å². The molecule has 2 aromatic rings. The van der Waals surface area contributed by atoms with E-state index in [2.05, 4.69) is 12.1 Å². The van der Waals surface area contributed by atoms with Gasteiger partial charge in [-0.3, -0.25) is 14.4 Å². The van der Waals surface area contributed by atoms with Gasteiger partial charge < -0.3 is 10.0 Å². The molecule has 5 nitrogen and oxygen atoms in total. The zero-order chi connectivity index (χ0) is 21.3. The van der Waals surface area contributed by atoms with Gasteiger partial charge in [-0.2, -0.15) is 0 Å². The summed E-state index contributed by atoms with van der Waals surface area (Å²) < 4.78 is 0. The van der Waals surface area contributed by atoms with E-state index in [0.29, 0.717) is 25.8 Å². The highest BCUT2D eigenvalue weighted by atomic mass is 16.4. The van der Waals surface area contributed by atoms with Crippen molar-refractivity contribution in [1.29, 1.82) is 0 Å². The first-order valence-electron chi connectivity index (χ1n) is 10.7. The van der Waals surface area contributed by atoms with Crippen molar-refractivity contribution in [2.75, 3.05) is 6.54 Å². The summed E-state index contributed by atoms with van der Waals surface area (Å²) in [5.74, 6) is -0.585. The smallest absolute Gasteiger partial charge is 0.303 e. The second-order valence-electron chi connectivity index (χ2n) is 7.93. The van der Waals surface area contributed by atoms with Gasteiger partial charge in [-0.05, 0) is 41.7 Å². The number of rotatable bonds is 11. The fourth-order valence-corrected chi connectivity index (χ4v) is 3.99. The Balaban J connectivity index is 1.48. The number of carbonyl (C=O) groups is 3. The van der Waals surface area contributed by atoms with Gasteiger partial charge in [-0.1, -0.05) is 61.4 Å². The number of unbranched alkanes of at least 4 members (excludes halogenated alkanes) is 3. The topological polar surface area (TPSA) is 74.7 Å². The van der Waals surface area contributed by atoms with Crippen LogP contribution in [0.5, 0.6) is 0 Å². The summed E-state index contributed by atoms with van der Waals surface area (Å²) in [5, 5.41) is 11.0. The summed E-state index contributed by atoms with van der Waals surface area (Å²) in [7, 11) is 0. The number of benzene rings is 2. The number of allylic oxidation sites excluding steroid dienone is 1. The maximum atomic E-state index is 12.4. The molecule has 0 aliphatic carbocycles. The molecule has 1 unspecified atom stereocenters. The van der Waals surface area contributed by atoms with Crippen molar-refractivity contribution in [3.05, 3.63) is 60.2 Å². The molecule has 3 rings (SSSR count). The molecule has 0 aromatic heterocycles. The molecular weight excluding hydrogens is 378 g/mol. The Labute approximate surface area is 177 Å². The van der Waals surface area contributed by atoms with E-state index < -0.39 is 5.97 Å². The van der Waals surface area contributed by atoms with Crippen LogP contribution in [0, 0.1) is 0 Å². The second kappa shape index (κ2) is 10.7. The first kappa shape index (κ1) is 21.8. The Bertz CT molecular complexity index is 934. The molecule has 1 N–H and O–H groups in total. The van der Waals surface area contributed by atoms with Crippen LogP contribution in [-0.2, 0) is 20.8 Å². The van der Waals surface area contributed by atoms with E-state index in [-0.39, 0.29) is 24.2 Å². The zero-order valence-electron chi connectivity index (χ0n) is 17.3. The molecule has 1 amide bonds. The van der Waals surface area contributed by atoms with Crippen LogP contribution in [-0.4, -0.2) is 40.3 Å². The Kier molecular flexibility index (Phi) is 7.77. The maximum Gasteiger partial charge on any atom is 0.303 e. The average Bonchev–Trinajstić information content (AvgIpc) is 3.08. The number of nitrogens with zero attached hydrogens (tertiary/aromatic N) is 1. The van der Waals surface area contributed by atoms with E-state index in [1.165, 1.54) is 0 Å². The van der Waals surface area contributed by atoms with Gasteiger partial charge >= 0.3 is 5.97 Å². The molecular formula is C25H29NO4. The SMILES string of the molecule is O=C(O)CCCCCCN1C(=O)CCC1/C=C/C(=O)Cc1ccc2ccccc2c1. The lowest BCUT2D eigenvalue weighted by atomic mass is 10.0. The van der Waals surface area contributed by atoms with E-state index in [9.17, 15) is 14.4 Å². The number of amides is 1. The van der Waals surface area contributed by atoms with Crippen molar-refractivity contribution >= 4 is 28.4 Å². The van der Waals surface area contributed by atoms with Gasteiger partial charge in [0.2, 0.25) is 5.91 Å².